The van der Waals surface area contributed by atoms with Crippen LogP contribution in [0.4, 0.5) is 0 Å². The summed E-state index contributed by atoms with van der Waals surface area (Å²) in [5, 5.41) is 7.78. The summed E-state index contributed by atoms with van der Waals surface area (Å²) in [5.74, 6) is 0.0934. The van der Waals surface area contributed by atoms with E-state index < -0.39 is 0 Å². The van der Waals surface area contributed by atoms with Crippen molar-refractivity contribution < 1.29 is 4.79 Å². The molecule has 122 valence electrons. The van der Waals surface area contributed by atoms with Gasteiger partial charge in [-0.25, -0.2) is 0 Å². The highest BCUT2D eigenvalue weighted by Crippen LogP contribution is 2.14. The lowest BCUT2D eigenvalue weighted by atomic mass is 10.0. The summed E-state index contributed by atoms with van der Waals surface area (Å²) >= 11 is 0. The van der Waals surface area contributed by atoms with E-state index >= 15 is 0 Å². The fourth-order valence-electron chi connectivity index (χ4n) is 3.02. The number of aromatic nitrogens is 2. The molecule has 0 bridgehead atoms. The Labute approximate surface area is 137 Å². The van der Waals surface area contributed by atoms with Gasteiger partial charge in [-0.15, -0.1) is 0 Å². The largest absolute Gasteiger partial charge is 0.337 e. The van der Waals surface area contributed by atoms with Crippen LogP contribution in [0.1, 0.15) is 35.7 Å². The number of carbonyl (C=O) groups is 1. The van der Waals surface area contributed by atoms with Crippen molar-refractivity contribution in [1.82, 2.24) is 20.0 Å². The Kier molecular flexibility index (Phi) is 5.08. The Morgan fingerprint density at radius 1 is 1.35 bits per heavy atom. The van der Waals surface area contributed by atoms with E-state index in [9.17, 15) is 4.79 Å². The Balaban J connectivity index is 1.56. The van der Waals surface area contributed by atoms with E-state index in [-0.39, 0.29) is 5.91 Å². The molecule has 1 aromatic heterocycles. The topological polar surface area (TPSA) is 50.2 Å². The van der Waals surface area contributed by atoms with Gasteiger partial charge in [-0.05, 0) is 25.3 Å². The van der Waals surface area contributed by atoms with Gasteiger partial charge in [-0.3, -0.25) is 9.48 Å². The molecule has 5 nitrogen and oxygen atoms in total. The third-order valence-corrected chi connectivity index (χ3v) is 4.35. The zero-order valence-corrected chi connectivity index (χ0v) is 13.6. The maximum Gasteiger partial charge on any atom is 0.257 e. The monoisotopic (exact) mass is 312 g/mol. The van der Waals surface area contributed by atoms with E-state index in [4.69, 9.17) is 0 Å². The van der Waals surface area contributed by atoms with Crippen LogP contribution in [0.25, 0.3) is 0 Å². The average Bonchev–Trinajstić information content (AvgIpc) is 3.10. The fourth-order valence-corrected chi connectivity index (χ4v) is 3.02. The number of hydrogen-bond acceptors (Lipinski definition) is 3. The highest BCUT2D eigenvalue weighted by atomic mass is 16.2. The van der Waals surface area contributed by atoms with Crippen LogP contribution in [0.2, 0.25) is 0 Å². The maximum atomic E-state index is 12.6. The van der Waals surface area contributed by atoms with E-state index in [0.29, 0.717) is 11.6 Å². The van der Waals surface area contributed by atoms with Gasteiger partial charge >= 0.3 is 0 Å². The van der Waals surface area contributed by atoms with Crippen molar-refractivity contribution in [2.75, 3.05) is 13.1 Å². The average molecular weight is 312 g/mol. The lowest BCUT2D eigenvalue weighted by Gasteiger charge is -2.33. The molecule has 1 N–H and O–H groups in total. The second-order valence-corrected chi connectivity index (χ2v) is 6.04. The molecular weight excluding hydrogens is 288 g/mol. The summed E-state index contributed by atoms with van der Waals surface area (Å²) in [6.07, 6.45) is 5.67. The predicted octanol–water partition coefficient (Wildman–Crippen LogP) is 2.30. The number of piperidine rings is 1. The number of hydrogen-bond donors (Lipinski definition) is 1. The number of carbonyl (C=O) groups excluding carboxylic acids is 1. The number of aryl methyl sites for hydroxylation is 1. The molecule has 1 saturated heterocycles. The number of nitrogens with one attached hydrogen (secondary N) is 1. The smallest absolute Gasteiger partial charge is 0.257 e. The molecule has 0 aliphatic carbocycles. The fraction of sp³-hybridized carbons (Fsp3) is 0.444. The number of amides is 1. The summed E-state index contributed by atoms with van der Waals surface area (Å²) < 4.78 is 1.79. The highest BCUT2D eigenvalue weighted by Gasteiger charge is 2.24. The van der Waals surface area contributed by atoms with Gasteiger partial charge in [0.25, 0.3) is 5.91 Å². The van der Waals surface area contributed by atoms with Crippen LogP contribution in [0.5, 0.6) is 0 Å². The molecule has 1 fully saturated rings. The molecule has 0 saturated carbocycles. The van der Waals surface area contributed by atoms with E-state index in [1.807, 2.05) is 24.1 Å². The maximum absolute atomic E-state index is 12.6. The number of rotatable bonds is 5. The van der Waals surface area contributed by atoms with Gasteiger partial charge < -0.3 is 10.2 Å². The van der Waals surface area contributed by atoms with Gasteiger partial charge in [0.15, 0.2) is 0 Å². The minimum atomic E-state index is 0.0934. The summed E-state index contributed by atoms with van der Waals surface area (Å²) in [4.78, 5) is 14.5. The van der Waals surface area contributed by atoms with Crippen molar-refractivity contribution in [2.24, 2.45) is 0 Å². The standard InChI is InChI=1S/C18H24N4O/c1-2-22-13-16(12-20-22)18(23)21-10-6-9-17(14-21)19-11-15-7-4-3-5-8-15/h3-5,7-8,12-13,17,19H,2,6,9-11,14H2,1H3/t17-/m1/s1. The van der Waals surface area contributed by atoms with Crippen LogP contribution in [-0.4, -0.2) is 39.7 Å². The van der Waals surface area contributed by atoms with Crippen LogP contribution in [0, 0.1) is 0 Å². The van der Waals surface area contributed by atoms with E-state index in [1.54, 1.807) is 10.9 Å². The van der Waals surface area contributed by atoms with Gasteiger partial charge in [0.2, 0.25) is 0 Å². The first-order valence-corrected chi connectivity index (χ1v) is 8.35. The quantitative estimate of drug-likeness (QED) is 0.921. The number of benzene rings is 1. The number of likely N-dealkylation sites (tertiary alicyclic amines) is 1. The first kappa shape index (κ1) is 15.7. The summed E-state index contributed by atoms with van der Waals surface area (Å²) in [6, 6.07) is 10.7. The predicted molar refractivity (Wildman–Crippen MR) is 90.1 cm³/mol. The minimum absolute atomic E-state index is 0.0934. The molecule has 1 aromatic carbocycles. The lowest BCUT2D eigenvalue weighted by molar-refractivity contribution is 0.0694. The minimum Gasteiger partial charge on any atom is -0.337 e. The van der Waals surface area contributed by atoms with Crippen molar-refractivity contribution in [3.8, 4) is 0 Å². The molecule has 23 heavy (non-hydrogen) atoms. The highest BCUT2D eigenvalue weighted by molar-refractivity contribution is 5.93. The molecule has 5 heteroatoms. The van der Waals surface area contributed by atoms with Crippen LogP contribution < -0.4 is 5.32 Å². The Morgan fingerprint density at radius 3 is 2.91 bits per heavy atom. The van der Waals surface area contributed by atoms with Crippen molar-refractivity contribution in [3.63, 3.8) is 0 Å². The van der Waals surface area contributed by atoms with Gasteiger partial charge in [0, 0.05) is 38.4 Å². The zero-order chi connectivity index (χ0) is 16.1. The van der Waals surface area contributed by atoms with Crippen LogP contribution in [0.15, 0.2) is 42.7 Å². The van der Waals surface area contributed by atoms with E-state index in [0.717, 1.165) is 39.0 Å². The van der Waals surface area contributed by atoms with Gasteiger partial charge in [0.1, 0.15) is 0 Å². The first-order chi connectivity index (χ1) is 11.3. The van der Waals surface area contributed by atoms with Crippen molar-refractivity contribution in [2.45, 2.75) is 38.9 Å². The zero-order valence-electron chi connectivity index (χ0n) is 13.6. The summed E-state index contributed by atoms with van der Waals surface area (Å²) in [5.41, 5.74) is 1.97. The van der Waals surface area contributed by atoms with E-state index in [2.05, 4.69) is 34.7 Å². The van der Waals surface area contributed by atoms with Crippen LogP contribution in [0.3, 0.4) is 0 Å². The van der Waals surface area contributed by atoms with E-state index in [1.165, 1.54) is 5.56 Å². The molecule has 0 spiro atoms. The third kappa shape index (κ3) is 3.99. The molecule has 0 radical (unpaired) electrons. The molecule has 2 aromatic rings. The van der Waals surface area contributed by atoms with Gasteiger partial charge in [-0.1, -0.05) is 30.3 Å². The van der Waals surface area contributed by atoms with Gasteiger partial charge in [-0.2, -0.15) is 5.10 Å². The Morgan fingerprint density at radius 2 is 2.17 bits per heavy atom. The summed E-state index contributed by atoms with van der Waals surface area (Å²) in [7, 11) is 0. The molecule has 2 heterocycles. The molecule has 3 rings (SSSR count). The van der Waals surface area contributed by atoms with Crippen molar-refractivity contribution in [1.29, 1.82) is 0 Å². The second kappa shape index (κ2) is 7.42. The SMILES string of the molecule is CCn1cc(C(=O)N2CCC[C@@H](NCc3ccccc3)C2)cn1. The Bertz CT molecular complexity index is 637. The molecular formula is C18H24N4O. The summed E-state index contributed by atoms with van der Waals surface area (Å²) in [6.45, 7) is 5.25. The third-order valence-electron chi connectivity index (χ3n) is 4.35. The first-order valence-electron chi connectivity index (χ1n) is 8.35. The second-order valence-electron chi connectivity index (χ2n) is 6.04. The van der Waals surface area contributed by atoms with Crippen molar-refractivity contribution >= 4 is 5.91 Å². The molecule has 1 aliphatic heterocycles. The molecule has 0 unspecified atom stereocenters. The molecule has 1 atom stereocenters. The van der Waals surface area contributed by atoms with Crippen molar-refractivity contribution in [3.05, 3.63) is 53.9 Å². The Hall–Kier alpha value is -2.14. The van der Waals surface area contributed by atoms with Crippen LogP contribution in [-0.2, 0) is 13.1 Å². The molecule has 1 amide bonds. The number of nitrogens with zero attached hydrogens (tertiary/aromatic N) is 3. The normalized spacial score (nSPS) is 18.1. The molecule has 1 aliphatic rings. The lowest BCUT2D eigenvalue weighted by Crippen LogP contribution is -2.47. The van der Waals surface area contributed by atoms with Gasteiger partial charge in [0.05, 0.1) is 11.8 Å². The van der Waals surface area contributed by atoms with Crippen LogP contribution >= 0.6 is 0 Å².